The van der Waals surface area contributed by atoms with E-state index in [0.29, 0.717) is 28.9 Å². The smallest absolute Gasteiger partial charge is 0.249 e. The molecule has 0 aliphatic rings. The summed E-state index contributed by atoms with van der Waals surface area (Å²) in [5, 5.41) is 10.0. The van der Waals surface area contributed by atoms with E-state index >= 15 is 0 Å². The third-order valence-corrected chi connectivity index (χ3v) is 5.45. The molecule has 3 aromatic carbocycles. The van der Waals surface area contributed by atoms with E-state index in [2.05, 4.69) is 26.9 Å². The van der Waals surface area contributed by atoms with Crippen LogP contribution in [0.5, 0.6) is 0 Å². The zero-order chi connectivity index (χ0) is 20.1. The summed E-state index contributed by atoms with van der Waals surface area (Å²) in [7, 11) is 0. The molecule has 0 fully saturated rings. The standard InChI is InChI=1S/C23H14ClN5O/c24-16-9-3-1-7-14(16)23-28-27-20(30-23)13-29-19-12-6-2-8-15(19)21-22(29)26-18-11-5-4-10-17(18)25-21/h1-12H,13H2. The van der Waals surface area contributed by atoms with E-state index in [0.717, 1.165) is 33.1 Å². The van der Waals surface area contributed by atoms with Crippen LogP contribution in [0.3, 0.4) is 0 Å². The summed E-state index contributed by atoms with van der Waals surface area (Å²) in [5.74, 6) is 0.871. The summed E-state index contributed by atoms with van der Waals surface area (Å²) < 4.78 is 8.00. The molecule has 6 rings (SSSR count). The topological polar surface area (TPSA) is 69.6 Å². The zero-order valence-corrected chi connectivity index (χ0v) is 16.4. The van der Waals surface area contributed by atoms with Crippen LogP contribution in [0, 0.1) is 0 Å². The van der Waals surface area contributed by atoms with Crippen LogP contribution in [0.25, 0.3) is 44.6 Å². The van der Waals surface area contributed by atoms with E-state index in [9.17, 15) is 0 Å². The maximum atomic E-state index is 6.27. The van der Waals surface area contributed by atoms with Crippen LogP contribution in [0.15, 0.2) is 77.2 Å². The lowest BCUT2D eigenvalue weighted by molar-refractivity contribution is 0.494. The van der Waals surface area contributed by atoms with Gasteiger partial charge < -0.3 is 8.98 Å². The van der Waals surface area contributed by atoms with Crippen molar-refractivity contribution in [2.75, 3.05) is 0 Å². The first kappa shape index (κ1) is 17.1. The second-order valence-electron chi connectivity index (χ2n) is 6.97. The molecule has 0 atom stereocenters. The molecule has 0 unspecified atom stereocenters. The molecule has 3 aromatic heterocycles. The lowest BCUT2D eigenvalue weighted by Gasteiger charge is -2.04. The monoisotopic (exact) mass is 411 g/mol. The molecule has 0 bridgehead atoms. The minimum Gasteiger partial charge on any atom is -0.419 e. The van der Waals surface area contributed by atoms with Crippen LogP contribution < -0.4 is 0 Å². The summed E-state index contributed by atoms with van der Waals surface area (Å²) in [4.78, 5) is 9.74. The molecule has 7 heteroatoms. The predicted molar refractivity (Wildman–Crippen MR) is 116 cm³/mol. The Kier molecular flexibility index (Phi) is 3.79. The Morgan fingerprint density at radius 2 is 1.53 bits per heavy atom. The summed E-state index contributed by atoms with van der Waals surface area (Å²) >= 11 is 6.27. The molecule has 30 heavy (non-hydrogen) atoms. The second kappa shape index (κ2) is 6.64. The molecular weight excluding hydrogens is 398 g/mol. The molecule has 0 aliphatic heterocycles. The molecule has 6 nitrogen and oxygen atoms in total. The maximum absolute atomic E-state index is 6.27. The van der Waals surface area contributed by atoms with Gasteiger partial charge in [0.1, 0.15) is 12.1 Å². The number of hydrogen-bond acceptors (Lipinski definition) is 5. The quantitative estimate of drug-likeness (QED) is 0.385. The highest BCUT2D eigenvalue weighted by Crippen LogP contribution is 2.30. The Hall–Kier alpha value is -3.77. The summed E-state index contributed by atoms with van der Waals surface area (Å²) in [6.45, 7) is 0.383. The van der Waals surface area contributed by atoms with Crippen molar-refractivity contribution in [3.8, 4) is 11.5 Å². The van der Waals surface area contributed by atoms with Crippen molar-refractivity contribution in [2.24, 2.45) is 0 Å². The molecule has 0 aliphatic carbocycles. The van der Waals surface area contributed by atoms with Crippen molar-refractivity contribution in [3.63, 3.8) is 0 Å². The number of hydrogen-bond donors (Lipinski definition) is 0. The van der Waals surface area contributed by atoms with Crippen molar-refractivity contribution >= 4 is 44.7 Å². The van der Waals surface area contributed by atoms with Gasteiger partial charge in [0.15, 0.2) is 5.65 Å². The van der Waals surface area contributed by atoms with E-state index in [1.165, 1.54) is 0 Å². The van der Waals surface area contributed by atoms with Gasteiger partial charge in [-0.3, -0.25) is 0 Å². The molecule has 3 heterocycles. The fraction of sp³-hybridized carbons (Fsp3) is 0.0435. The molecule has 144 valence electrons. The first-order valence-corrected chi connectivity index (χ1v) is 9.87. The molecule has 0 amide bonds. The molecule has 6 aromatic rings. The number of para-hydroxylation sites is 3. The van der Waals surface area contributed by atoms with Crippen molar-refractivity contribution in [1.82, 2.24) is 24.7 Å². The van der Waals surface area contributed by atoms with Crippen LogP contribution in [-0.2, 0) is 6.54 Å². The van der Waals surface area contributed by atoms with Crippen LogP contribution >= 0.6 is 11.6 Å². The molecule has 0 saturated heterocycles. The van der Waals surface area contributed by atoms with Gasteiger partial charge in [-0.2, -0.15) is 0 Å². The van der Waals surface area contributed by atoms with E-state index in [1.54, 1.807) is 6.07 Å². The Bertz CT molecular complexity index is 1550. The van der Waals surface area contributed by atoms with Gasteiger partial charge >= 0.3 is 0 Å². The van der Waals surface area contributed by atoms with Crippen molar-refractivity contribution in [1.29, 1.82) is 0 Å². The molecular formula is C23H14ClN5O. The Labute approximate surface area is 175 Å². The zero-order valence-electron chi connectivity index (χ0n) is 15.7. The molecule has 0 spiro atoms. The van der Waals surface area contributed by atoms with Gasteiger partial charge in [-0.15, -0.1) is 10.2 Å². The van der Waals surface area contributed by atoms with Crippen molar-refractivity contribution in [3.05, 3.63) is 83.7 Å². The number of nitrogens with zero attached hydrogens (tertiary/aromatic N) is 5. The minimum absolute atomic E-state index is 0.383. The highest BCUT2D eigenvalue weighted by atomic mass is 35.5. The fourth-order valence-corrected chi connectivity index (χ4v) is 3.96. The SMILES string of the molecule is Clc1ccccc1-c1nnc(Cn2c3ccccc3c3nc4ccccc4nc32)o1. The van der Waals surface area contributed by atoms with E-state index in [4.69, 9.17) is 26.0 Å². The number of halogens is 1. The average Bonchev–Trinajstić information content (AvgIpc) is 3.36. The lowest BCUT2D eigenvalue weighted by atomic mass is 10.2. The van der Waals surface area contributed by atoms with E-state index in [1.807, 2.05) is 54.6 Å². The molecule has 0 saturated carbocycles. The largest absolute Gasteiger partial charge is 0.419 e. The highest BCUT2D eigenvalue weighted by molar-refractivity contribution is 6.33. The maximum Gasteiger partial charge on any atom is 0.249 e. The lowest BCUT2D eigenvalue weighted by Crippen LogP contribution is -2.01. The van der Waals surface area contributed by atoms with Gasteiger partial charge in [-0.05, 0) is 30.3 Å². The molecule has 0 N–H and O–H groups in total. The summed E-state index contributed by atoms with van der Waals surface area (Å²) in [6.07, 6.45) is 0. The van der Waals surface area contributed by atoms with Crippen LogP contribution in [-0.4, -0.2) is 24.7 Å². The van der Waals surface area contributed by atoms with E-state index < -0.39 is 0 Å². The predicted octanol–water partition coefficient (Wildman–Crippen LogP) is 5.49. The third-order valence-electron chi connectivity index (χ3n) is 5.12. The van der Waals surface area contributed by atoms with Crippen molar-refractivity contribution < 1.29 is 4.42 Å². The first-order chi connectivity index (χ1) is 14.8. The second-order valence-corrected chi connectivity index (χ2v) is 7.38. The van der Waals surface area contributed by atoms with Gasteiger partial charge in [0.25, 0.3) is 0 Å². The number of aromatic nitrogens is 5. The van der Waals surface area contributed by atoms with Crippen LogP contribution in [0.1, 0.15) is 5.89 Å². The van der Waals surface area contributed by atoms with Gasteiger partial charge in [0.05, 0.1) is 27.1 Å². The van der Waals surface area contributed by atoms with Crippen LogP contribution in [0.2, 0.25) is 5.02 Å². The average molecular weight is 412 g/mol. The van der Waals surface area contributed by atoms with Gasteiger partial charge in [-0.25, -0.2) is 9.97 Å². The Morgan fingerprint density at radius 3 is 2.40 bits per heavy atom. The molecule has 0 radical (unpaired) electrons. The summed E-state index contributed by atoms with van der Waals surface area (Å²) in [5.41, 5.74) is 5.08. The number of fused-ring (bicyclic) bond motifs is 4. The van der Waals surface area contributed by atoms with Crippen molar-refractivity contribution in [2.45, 2.75) is 6.54 Å². The van der Waals surface area contributed by atoms with Gasteiger partial charge in [-0.1, -0.05) is 54.1 Å². The van der Waals surface area contributed by atoms with Gasteiger partial charge in [0, 0.05) is 5.39 Å². The minimum atomic E-state index is 0.383. The Balaban J connectivity index is 1.52. The van der Waals surface area contributed by atoms with Crippen LogP contribution in [0.4, 0.5) is 0 Å². The number of rotatable bonds is 3. The highest BCUT2D eigenvalue weighted by Gasteiger charge is 2.17. The first-order valence-electron chi connectivity index (χ1n) is 9.49. The van der Waals surface area contributed by atoms with Gasteiger partial charge in [0.2, 0.25) is 11.8 Å². The third kappa shape index (κ3) is 2.65. The normalized spacial score (nSPS) is 11.6. The van der Waals surface area contributed by atoms with E-state index in [-0.39, 0.29) is 0 Å². The fourth-order valence-electron chi connectivity index (χ4n) is 3.74. The summed E-state index contributed by atoms with van der Waals surface area (Å²) in [6, 6.07) is 23.4. The number of benzene rings is 3. The Morgan fingerprint density at radius 1 is 0.800 bits per heavy atom.